The minimum atomic E-state index is -0.507. The molecule has 0 bridgehead atoms. The van der Waals surface area contributed by atoms with Crippen LogP contribution in [0, 0.1) is 3.70 Å². The molecule has 0 N–H and O–H groups in total. The Morgan fingerprint density at radius 2 is 2.13 bits per heavy atom. The number of carbonyl (C=O) groups excluding carboxylic acids is 2. The Balaban J connectivity index is 2.03. The zero-order chi connectivity index (χ0) is 17.2. The van der Waals surface area contributed by atoms with Gasteiger partial charge in [-0.3, -0.25) is 4.68 Å². The van der Waals surface area contributed by atoms with E-state index in [2.05, 4.69) is 5.10 Å². The third-order valence-corrected chi connectivity index (χ3v) is 4.17. The summed E-state index contributed by atoms with van der Waals surface area (Å²) in [5.41, 5.74) is -0.0454. The second kappa shape index (κ2) is 7.06. The van der Waals surface area contributed by atoms with Gasteiger partial charge in [0, 0.05) is 19.3 Å². The van der Waals surface area contributed by atoms with Gasteiger partial charge in [0.2, 0.25) is 0 Å². The molecule has 2 heterocycles. The largest absolute Gasteiger partial charge is 0.462 e. The van der Waals surface area contributed by atoms with Crippen LogP contribution in [0.15, 0.2) is 6.20 Å². The van der Waals surface area contributed by atoms with Gasteiger partial charge in [0.25, 0.3) is 0 Å². The maximum absolute atomic E-state index is 12.1. The average molecular weight is 435 g/mol. The molecule has 1 aliphatic heterocycles. The highest BCUT2D eigenvalue weighted by Crippen LogP contribution is 2.25. The zero-order valence-corrected chi connectivity index (χ0v) is 16.0. The lowest BCUT2D eigenvalue weighted by Crippen LogP contribution is -2.35. The molecule has 0 saturated carbocycles. The van der Waals surface area contributed by atoms with Crippen molar-refractivity contribution in [2.45, 2.75) is 45.8 Å². The van der Waals surface area contributed by atoms with E-state index in [1.165, 1.54) is 0 Å². The molecule has 7 nitrogen and oxygen atoms in total. The van der Waals surface area contributed by atoms with Gasteiger partial charge >= 0.3 is 12.1 Å². The summed E-state index contributed by atoms with van der Waals surface area (Å²) in [6.07, 6.45) is 2.16. The van der Waals surface area contributed by atoms with E-state index in [4.69, 9.17) is 9.47 Å². The summed E-state index contributed by atoms with van der Waals surface area (Å²) in [6, 6.07) is 0.0409. The van der Waals surface area contributed by atoms with Crippen LogP contribution in [0.25, 0.3) is 0 Å². The van der Waals surface area contributed by atoms with Gasteiger partial charge in [0.15, 0.2) is 0 Å². The number of nitrogens with zero attached hydrogens (tertiary/aromatic N) is 3. The van der Waals surface area contributed by atoms with Gasteiger partial charge in [0.05, 0.1) is 12.6 Å². The summed E-state index contributed by atoms with van der Waals surface area (Å²) in [5.74, 6) is -0.370. The number of rotatable bonds is 3. The molecule has 128 valence electrons. The quantitative estimate of drug-likeness (QED) is 0.540. The fourth-order valence-corrected chi connectivity index (χ4v) is 2.96. The molecule has 1 amide bonds. The minimum absolute atomic E-state index is 0.0409. The summed E-state index contributed by atoms with van der Waals surface area (Å²) in [6.45, 7) is 8.78. The van der Waals surface area contributed by atoms with Gasteiger partial charge in [-0.1, -0.05) is 0 Å². The first-order chi connectivity index (χ1) is 10.7. The van der Waals surface area contributed by atoms with E-state index in [0.29, 0.717) is 29.0 Å². The van der Waals surface area contributed by atoms with Crippen molar-refractivity contribution in [1.29, 1.82) is 0 Å². The number of hydrogen-bond donors (Lipinski definition) is 0. The van der Waals surface area contributed by atoms with Crippen molar-refractivity contribution in [3.63, 3.8) is 0 Å². The SMILES string of the molecule is CCOC(=O)c1cn(C2CCN(C(=O)OC(C)(C)C)C2)nc1I. The van der Waals surface area contributed by atoms with Crippen LogP contribution in [-0.4, -0.2) is 52.0 Å². The molecule has 1 aromatic rings. The molecular weight excluding hydrogens is 413 g/mol. The van der Waals surface area contributed by atoms with E-state index in [1.807, 2.05) is 43.4 Å². The fourth-order valence-electron chi connectivity index (χ4n) is 2.35. The van der Waals surface area contributed by atoms with Crippen LogP contribution in [0.3, 0.4) is 0 Å². The van der Waals surface area contributed by atoms with Crippen molar-refractivity contribution in [1.82, 2.24) is 14.7 Å². The number of ether oxygens (including phenoxy) is 2. The van der Waals surface area contributed by atoms with Crippen LogP contribution in [0.1, 0.15) is 50.5 Å². The Bertz CT molecular complexity index is 594. The molecule has 0 radical (unpaired) electrons. The van der Waals surface area contributed by atoms with Gasteiger partial charge in [0.1, 0.15) is 14.9 Å². The molecular formula is C15H22IN3O4. The number of halogens is 1. The van der Waals surface area contributed by atoms with Gasteiger partial charge in [-0.25, -0.2) is 9.59 Å². The third kappa shape index (κ3) is 4.58. The van der Waals surface area contributed by atoms with Crippen LogP contribution in [-0.2, 0) is 9.47 Å². The maximum Gasteiger partial charge on any atom is 0.410 e. The lowest BCUT2D eigenvalue weighted by Gasteiger charge is -2.24. The molecule has 2 rings (SSSR count). The Morgan fingerprint density at radius 1 is 1.43 bits per heavy atom. The van der Waals surface area contributed by atoms with E-state index in [9.17, 15) is 9.59 Å². The smallest absolute Gasteiger partial charge is 0.410 e. The lowest BCUT2D eigenvalue weighted by molar-refractivity contribution is 0.0288. The van der Waals surface area contributed by atoms with Crippen molar-refractivity contribution in [3.8, 4) is 0 Å². The standard InChI is InChI=1S/C15H22IN3O4/c1-5-22-13(20)11-9-19(17-12(11)16)10-6-7-18(8-10)14(21)23-15(2,3)4/h9-10H,5-8H2,1-4H3. The van der Waals surface area contributed by atoms with Crippen LogP contribution in [0.4, 0.5) is 4.79 Å². The lowest BCUT2D eigenvalue weighted by atomic mass is 10.2. The molecule has 1 aromatic heterocycles. The Kier molecular flexibility index (Phi) is 5.53. The first-order valence-electron chi connectivity index (χ1n) is 7.61. The number of amides is 1. The number of likely N-dealkylation sites (tertiary alicyclic amines) is 1. The highest BCUT2D eigenvalue weighted by Gasteiger charge is 2.32. The van der Waals surface area contributed by atoms with Crippen molar-refractivity contribution in [3.05, 3.63) is 15.5 Å². The summed E-state index contributed by atoms with van der Waals surface area (Å²) >= 11 is 2.02. The topological polar surface area (TPSA) is 73.7 Å². The van der Waals surface area contributed by atoms with Gasteiger partial charge < -0.3 is 14.4 Å². The van der Waals surface area contributed by atoms with Crippen LogP contribution < -0.4 is 0 Å². The van der Waals surface area contributed by atoms with Gasteiger partial charge in [-0.05, 0) is 56.7 Å². The number of carbonyl (C=O) groups is 2. The average Bonchev–Trinajstić information content (AvgIpc) is 3.03. The molecule has 1 atom stereocenters. The molecule has 0 aliphatic carbocycles. The molecule has 8 heteroatoms. The monoisotopic (exact) mass is 435 g/mol. The van der Waals surface area contributed by atoms with Crippen LogP contribution in [0.2, 0.25) is 0 Å². The summed E-state index contributed by atoms with van der Waals surface area (Å²) in [7, 11) is 0. The third-order valence-electron chi connectivity index (χ3n) is 3.37. The van der Waals surface area contributed by atoms with Crippen LogP contribution in [0.5, 0.6) is 0 Å². The minimum Gasteiger partial charge on any atom is -0.462 e. The normalized spacial score (nSPS) is 18.1. The Hall–Kier alpha value is -1.32. The highest BCUT2D eigenvalue weighted by molar-refractivity contribution is 14.1. The maximum atomic E-state index is 12.1. The number of aromatic nitrogens is 2. The first-order valence-corrected chi connectivity index (χ1v) is 8.69. The predicted octanol–water partition coefficient (Wildman–Crippen LogP) is 2.85. The van der Waals surface area contributed by atoms with Crippen molar-refractivity contribution < 1.29 is 19.1 Å². The molecule has 23 heavy (non-hydrogen) atoms. The zero-order valence-electron chi connectivity index (χ0n) is 13.8. The van der Waals surface area contributed by atoms with E-state index >= 15 is 0 Å². The number of esters is 1. The Morgan fingerprint density at radius 3 is 2.74 bits per heavy atom. The van der Waals surface area contributed by atoms with Crippen molar-refractivity contribution in [2.75, 3.05) is 19.7 Å². The fraction of sp³-hybridized carbons (Fsp3) is 0.667. The second-order valence-corrected chi connectivity index (χ2v) is 7.42. The van der Waals surface area contributed by atoms with Crippen LogP contribution >= 0.6 is 22.6 Å². The summed E-state index contributed by atoms with van der Waals surface area (Å²) in [4.78, 5) is 25.6. The first kappa shape index (κ1) is 18.0. The van der Waals surface area contributed by atoms with E-state index in [0.717, 1.165) is 6.42 Å². The predicted molar refractivity (Wildman–Crippen MR) is 92.4 cm³/mol. The van der Waals surface area contributed by atoms with E-state index in [-0.39, 0.29) is 18.1 Å². The summed E-state index contributed by atoms with van der Waals surface area (Å²) < 4.78 is 12.8. The van der Waals surface area contributed by atoms with E-state index in [1.54, 1.807) is 22.7 Å². The van der Waals surface area contributed by atoms with Crippen molar-refractivity contribution >= 4 is 34.7 Å². The highest BCUT2D eigenvalue weighted by atomic mass is 127. The number of hydrogen-bond acceptors (Lipinski definition) is 5. The molecule has 1 aliphatic rings. The van der Waals surface area contributed by atoms with Gasteiger partial charge in [-0.15, -0.1) is 0 Å². The Labute approximate surface area is 149 Å². The molecule has 1 saturated heterocycles. The van der Waals surface area contributed by atoms with E-state index < -0.39 is 5.60 Å². The van der Waals surface area contributed by atoms with Gasteiger partial charge in [-0.2, -0.15) is 5.10 Å². The molecule has 1 fully saturated rings. The molecule has 0 aromatic carbocycles. The van der Waals surface area contributed by atoms with Crippen molar-refractivity contribution in [2.24, 2.45) is 0 Å². The second-order valence-electron chi connectivity index (χ2n) is 6.40. The molecule has 0 spiro atoms. The summed E-state index contributed by atoms with van der Waals surface area (Å²) in [5, 5.41) is 4.39. The molecule has 1 unspecified atom stereocenters.